The highest BCUT2D eigenvalue weighted by Gasteiger charge is 2.10. The SMILES string of the molecule is O=C(COc1ccc(C(=O)c2ccc(Cl)cc2)cc1)Nc1ccc(Cl)nc1. The molecule has 0 radical (unpaired) electrons. The predicted molar refractivity (Wildman–Crippen MR) is 105 cm³/mol. The van der Waals surface area contributed by atoms with E-state index < -0.39 is 0 Å². The van der Waals surface area contributed by atoms with Crippen LogP contribution in [0.2, 0.25) is 10.2 Å². The fraction of sp³-hybridized carbons (Fsp3) is 0.0500. The largest absolute Gasteiger partial charge is 0.484 e. The van der Waals surface area contributed by atoms with Crippen molar-refractivity contribution in [1.29, 1.82) is 0 Å². The van der Waals surface area contributed by atoms with Crippen molar-refractivity contribution in [2.24, 2.45) is 0 Å². The van der Waals surface area contributed by atoms with Gasteiger partial charge in [0, 0.05) is 16.1 Å². The topological polar surface area (TPSA) is 68.3 Å². The molecule has 0 unspecified atom stereocenters. The van der Waals surface area contributed by atoms with Crippen molar-refractivity contribution in [2.45, 2.75) is 0 Å². The molecule has 0 saturated heterocycles. The van der Waals surface area contributed by atoms with Gasteiger partial charge in [0.15, 0.2) is 12.4 Å². The minimum atomic E-state index is -0.333. The van der Waals surface area contributed by atoms with Gasteiger partial charge in [-0.05, 0) is 60.7 Å². The predicted octanol–water partition coefficient (Wildman–Crippen LogP) is 4.64. The van der Waals surface area contributed by atoms with Crippen LogP contribution in [0.3, 0.4) is 0 Å². The molecule has 2 aromatic carbocycles. The third-order valence-electron chi connectivity index (χ3n) is 3.60. The summed E-state index contributed by atoms with van der Waals surface area (Å²) < 4.78 is 5.43. The first-order chi connectivity index (χ1) is 13.0. The van der Waals surface area contributed by atoms with Gasteiger partial charge >= 0.3 is 0 Å². The van der Waals surface area contributed by atoms with E-state index in [1.165, 1.54) is 6.20 Å². The van der Waals surface area contributed by atoms with E-state index in [0.717, 1.165) is 0 Å². The third kappa shape index (κ3) is 5.29. The van der Waals surface area contributed by atoms with E-state index in [0.29, 0.717) is 32.7 Å². The van der Waals surface area contributed by atoms with Gasteiger partial charge in [0.25, 0.3) is 5.91 Å². The van der Waals surface area contributed by atoms with E-state index in [4.69, 9.17) is 27.9 Å². The van der Waals surface area contributed by atoms with E-state index in [1.807, 2.05) is 0 Å². The summed E-state index contributed by atoms with van der Waals surface area (Å²) in [6.45, 7) is -0.174. The van der Waals surface area contributed by atoms with Crippen LogP contribution in [-0.2, 0) is 4.79 Å². The Morgan fingerprint density at radius 1 is 0.889 bits per heavy atom. The smallest absolute Gasteiger partial charge is 0.262 e. The monoisotopic (exact) mass is 400 g/mol. The highest BCUT2D eigenvalue weighted by molar-refractivity contribution is 6.30. The Labute approximate surface area is 165 Å². The van der Waals surface area contributed by atoms with Crippen LogP contribution in [-0.4, -0.2) is 23.3 Å². The lowest BCUT2D eigenvalue weighted by Gasteiger charge is -2.08. The first-order valence-corrected chi connectivity index (χ1v) is 8.71. The summed E-state index contributed by atoms with van der Waals surface area (Å²) in [5.74, 6) is 0.0266. The molecule has 0 aliphatic carbocycles. The highest BCUT2D eigenvalue weighted by Crippen LogP contribution is 2.17. The van der Waals surface area contributed by atoms with Crippen LogP contribution in [0.4, 0.5) is 5.69 Å². The number of ether oxygens (including phenoxy) is 1. The van der Waals surface area contributed by atoms with Crippen LogP contribution >= 0.6 is 23.2 Å². The number of pyridine rings is 1. The number of nitrogens with zero attached hydrogens (tertiary/aromatic N) is 1. The van der Waals surface area contributed by atoms with Crippen molar-refractivity contribution < 1.29 is 14.3 Å². The van der Waals surface area contributed by atoms with Crippen LogP contribution in [0.1, 0.15) is 15.9 Å². The van der Waals surface area contributed by atoms with Gasteiger partial charge in [-0.15, -0.1) is 0 Å². The van der Waals surface area contributed by atoms with E-state index in [1.54, 1.807) is 60.7 Å². The van der Waals surface area contributed by atoms with E-state index >= 15 is 0 Å². The molecule has 0 atom stereocenters. The quantitative estimate of drug-likeness (QED) is 0.483. The van der Waals surface area contributed by atoms with Crippen LogP contribution < -0.4 is 10.1 Å². The Bertz CT molecular complexity index is 940. The number of aromatic nitrogens is 1. The zero-order chi connectivity index (χ0) is 19.2. The number of hydrogen-bond acceptors (Lipinski definition) is 4. The normalized spacial score (nSPS) is 10.3. The number of rotatable bonds is 6. The molecule has 0 spiro atoms. The number of halogens is 2. The molecule has 136 valence electrons. The van der Waals surface area contributed by atoms with Crippen molar-refractivity contribution in [3.8, 4) is 5.75 Å². The molecule has 1 N–H and O–H groups in total. The minimum absolute atomic E-state index is 0.119. The van der Waals surface area contributed by atoms with Crippen molar-refractivity contribution >= 4 is 40.6 Å². The molecular formula is C20H14Cl2N2O3. The van der Waals surface area contributed by atoms with Crippen LogP contribution in [0.5, 0.6) is 5.75 Å². The molecule has 0 saturated carbocycles. The summed E-state index contributed by atoms with van der Waals surface area (Å²) >= 11 is 11.5. The minimum Gasteiger partial charge on any atom is -0.484 e. The van der Waals surface area contributed by atoms with Crippen molar-refractivity contribution in [1.82, 2.24) is 4.98 Å². The van der Waals surface area contributed by atoms with E-state index in [2.05, 4.69) is 10.3 Å². The summed E-state index contributed by atoms with van der Waals surface area (Å²) in [7, 11) is 0. The van der Waals surface area contributed by atoms with Gasteiger partial charge in [-0.2, -0.15) is 0 Å². The van der Waals surface area contributed by atoms with Crippen LogP contribution in [0.15, 0.2) is 66.9 Å². The Morgan fingerprint density at radius 2 is 1.52 bits per heavy atom. The van der Waals surface area contributed by atoms with Gasteiger partial charge in [-0.25, -0.2) is 4.98 Å². The summed E-state index contributed by atoms with van der Waals surface area (Å²) in [5, 5.41) is 3.56. The molecule has 1 heterocycles. The maximum absolute atomic E-state index is 12.4. The number of nitrogens with one attached hydrogen (secondary N) is 1. The molecule has 1 amide bonds. The van der Waals surface area contributed by atoms with Gasteiger partial charge in [0.1, 0.15) is 10.9 Å². The van der Waals surface area contributed by atoms with Gasteiger partial charge in [0.2, 0.25) is 0 Å². The van der Waals surface area contributed by atoms with E-state index in [-0.39, 0.29) is 18.3 Å². The van der Waals surface area contributed by atoms with Gasteiger partial charge in [-0.1, -0.05) is 23.2 Å². The van der Waals surface area contributed by atoms with Crippen LogP contribution in [0.25, 0.3) is 0 Å². The number of benzene rings is 2. The highest BCUT2D eigenvalue weighted by atomic mass is 35.5. The standard InChI is InChI=1S/C20H14Cl2N2O3/c21-15-5-1-13(2-6-15)20(26)14-3-8-17(9-4-14)27-12-19(25)24-16-7-10-18(22)23-11-16/h1-11H,12H2,(H,24,25). The van der Waals surface area contributed by atoms with Gasteiger partial charge in [0.05, 0.1) is 11.9 Å². The Balaban J connectivity index is 1.55. The van der Waals surface area contributed by atoms with Crippen LogP contribution in [0, 0.1) is 0 Å². The fourth-order valence-corrected chi connectivity index (χ4v) is 2.50. The van der Waals surface area contributed by atoms with Crippen molar-refractivity contribution in [2.75, 3.05) is 11.9 Å². The molecule has 0 aliphatic heterocycles. The van der Waals surface area contributed by atoms with Crippen molar-refractivity contribution in [3.05, 3.63) is 88.2 Å². The second-order valence-corrected chi connectivity index (χ2v) is 6.39. The Hall–Kier alpha value is -2.89. The number of carbonyl (C=O) groups is 2. The molecule has 27 heavy (non-hydrogen) atoms. The number of carbonyl (C=O) groups excluding carboxylic acids is 2. The zero-order valence-electron chi connectivity index (χ0n) is 14.0. The second-order valence-electron chi connectivity index (χ2n) is 5.57. The first kappa shape index (κ1) is 18.9. The molecule has 5 nitrogen and oxygen atoms in total. The van der Waals surface area contributed by atoms with Crippen molar-refractivity contribution in [3.63, 3.8) is 0 Å². The lowest BCUT2D eigenvalue weighted by Crippen LogP contribution is -2.20. The number of anilines is 1. The second kappa shape index (κ2) is 8.66. The summed E-state index contributed by atoms with van der Waals surface area (Å²) in [6, 6.07) is 16.5. The fourth-order valence-electron chi connectivity index (χ4n) is 2.27. The van der Waals surface area contributed by atoms with Gasteiger partial charge in [-0.3, -0.25) is 9.59 Å². The molecule has 1 aromatic heterocycles. The first-order valence-electron chi connectivity index (χ1n) is 7.96. The lowest BCUT2D eigenvalue weighted by molar-refractivity contribution is -0.118. The Kier molecular flexibility index (Phi) is 6.06. The third-order valence-corrected chi connectivity index (χ3v) is 4.08. The molecule has 0 fully saturated rings. The average Bonchev–Trinajstić information content (AvgIpc) is 2.69. The summed E-state index contributed by atoms with van der Waals surface area (Å²) in [5.41, 5.74) is 1.59. The molecule has 0 aliphatic rings. The van der Waals surface area contributed by atoms with Gasteiger partial charge < -0.3 is 10.1 Å². The molecular weight excluding hydrogens is 387 g/mol. The molecule has 0 bridgehead atoms. The average molecular weight is 401 g/mol. The number of amides is 1. The molecule has 3 rings (SSSR count). The maximum Gasteiger partial charge on any atom is 0.262 e. The number of hydrogen-bond donors (Lipinski definition) is 1. The zero-order valence-corrected chi connectivity index (χ0v) is 15.5. The summed E-state index contributed by atoms with van der Waals surface area (Å²) in [4.78, 5) is 28.2. The number of ketones is 1. The van der Waals surface area contributed by atoms with E-state index in [9.17, 15) is 9.59 Å². The molecule has 7 heteroatoms. The maximum atomic E-state index is 12.4. The Morgan fingerprint density at radius 3 is 2.11 bits per heavy atom. The summed E-state index contributed by atoms with van der Waals surface area (Å²) in [6.07, 6.45) is 1.46. The molecule has 3 aromatic rings. The lowest BCUT2D eigenvalue weighted by atomic mass is 10.0.